The molecule has 1 aliphatic heterocycles. The van der Waals surface area contributed by atoms with E-state index in [9.17, 15) is 0 Å². The van der Waals surface area contributed by atoms with Gasteiger partial charge in [-0.1, -0.05) is 28.1 Å². The summed E-state index contributed by atoms with van der Waals surface area (Å²) in [7, 11) is 0. The largest absolute Gasteiger partial charge is 0.285 e. The lowest BCUT2D eigenvalue weighted by Crippen LogP contribution is -2.35. The van der Waals surface area contributed by atoms with Crippen molar-refractivity contribution in [1.29, 1.82) is 0 Å². The number of hydrazone groups is 1. The molecule has 1 heterocycles. The van der Waals surface area contributed by atoms with Gasteiger partial charge < -0.3 is 0 Å². The summed E-state index contributed by atoms with van der Waals surface area (Å²) in [5.74, 6) is 0.794. The van der Waals surface area contributed by atoms with Crippen molar-refractivity contribution in [1.82, 2.24) is 16.5 Å². The number of amidine groups is 1. The number of nitrogens with zero attached hydrogens (tertiary/aromatic N) is 1. The summed E-state index contributed by atoms with van der Waals surface area (Å²) in [6.07, 6.45) is 0. The molecule has 0 aliphatic carbocycles. The molecule has 0 aromatic heterocycles. The van der Waals surface area contributed by atoms with E-state index in [-0.39, 0.29) is 0 Å². The number of halogens is 1. The van der Waals surface area contributed by atoms with Crippen LogP contribution in [0.4, 0.5) is 0 Å². The Bertz CT molecular complexity index is 306. The molecule has 0 bridgehead atoms. The van der Waals surface area contributed by atoms with E-state index in [4.69, 9.17) is 0 Å². The average molecular weight is 227 g/mol. The highest BCUT2D eigenvalue weighted by atomic mass is 79.9. The fourth-order valence-electron chi connectivity index (χ4n) is 0.943. The van der Waals surface area contributed by atoms with Crippen molar-refractivity contribution in [3.63, 3.8) is 0 Å². The molecule has 2 rings (SSSR count). The highest BCUT2D eigenvalue weighted by Crippen LogP contribution is 2.10. The second-order valence-electron chi connectivity index (χ2n) is 2.33. The summed E-state index contributed by atoms with van der Waals surface area (Å²) in [5, 5.41) is 3.96. The van der Waals surface area contributed by atoms with E-state index in [1.54, 1.807) is 0 Å². The summed E-state index contributed by atoms with van der Waals surface area (Å²) in [4.78, 5) is 0. The van der Waals surface area contributed by atoms with Crippen molar-refractivity contribution in [2.75, 3.05) is 0 Å². The number of hydrogen-bond donors (Lipinski definition) is 3. The zero-order chi connectivity index (χ0) is 8.39. The Morgan fingerprint density at radius 1 is 1.17 bits per heavy atom. The van der Waals surface area contributed by atoms with Gasteiger partial charge in [0, 0.05) is 10.0 Å². The average Bonchev–Trinajstić information content (AvgIpc) is 2.58. The predicted molar refractivity (Wildman–Crippen MR) is 50.1 cm³/mol. The topological polar surface area (TPSA) is 48.5 Å². The summed E-state index contributed by atoms with van der Waals surface area (Å²) in [5.41, 5.74) is 9.17. The van der Waals surface area contributed by atoms with Gasteiger partial charge in [-0.25, -0.2) is 5.53 Å². The van der Waals surface area contributed by atoms with Crippen molar-refractivity contribution in [2.45, 2.75) is 0 Å². The fraction of sp³-hybridized carbons (Fsp3) is 0. The van der Waals surface area contributed by atoms with Gasteiger partial charge in [0.1, 0.15) is 0 Å². The molecule has 4 nitrogen and oxygen atoms in total. The van der Waals surface area contributed by atoms with Crippen LogP contribution in [-0.4, -0.2) is 5.84 Å². The summed E-state index contributed by atoms with van der Waals surface area (Å²) in [6, 6.07) is 7.89. The zero-order valence-electron chi connectivity index (χ0n) is 6.13. The van der Waals surface area contributed by atoms with Gasteiger partial charge in [0.05, 0.1) is 0 Å². The third-order valence-corrected chi connectivity index (χ3v) is 2.05. The third-order valence-electron chi connectivity index (χ3n) is 1.52. The van der Waals surface area contributed by atoms with Crippen molar-refractivity contribution < 1.29 is 0 Å². The normalized spacial score (nSPS) is 14.9. The first-order chi connectivity index (χ1) is 5.86. The minimum Gasteiger partial charge on any atom is -0.285 e. The number of benzene rings is 1. The highest BCUT2D eigenvalue weighted by molar-refractivity contribution is 9.10. The molecular formula is C7H7BrN4. The Morgan fingerprint density at radius 3 is 2.50 bits per heavy atom. The first kappa shape index (κ1) is 7.57. The van der Waals surface area contributed by atoms with Gasteiger partial charge in [-0.05, 0) is 12.1 Å². The maximum absolute atomic E-state index is 3.96. The lowest BCUT2D eigenvalue weighted by Gasteiger charge is -1.99. The molecule has 62 valence electrons. The van der Waals surface area contributed by atoms with Gasteiger partial charge in [0.2, 0.25) is 0 Å². The molecule has 5 heteroatoms. The smallest absolute Gasteiger partial charge is 0.170 e. The van der Waals surface area contributed by atoms with E-state index < -0.39 is 0 Å². The van der Waals surface area contributed by atoms with Crippen LogP contribution in [0.1, 0.15) is 5.56 Å². The van der Waals surface area contributed by atoms with Gasteiger partial charge in [-0.3, -0.25) is 5.43 Å². The van der Waals surface area contributed by atoms with Crippen LogP contribution in [0.2, 0.25) is 0 Å². The van der Waals surface area contributed by atoms with Gasteiger partial charge in [0.15, 0.2) is 5.84 Å². The SMILES string of the molecule is Brc1ccc(C2=NNNN2)cc1. The van der Waals surface area contributed by atoms with Crippen molar-refractivity contribution in [2.24, 2.45) is 5.10 Å². The van der Waals surface area contributed by atoms with Gasteiger partial charge >= 0.3 is 0 Å². The number of hydrazine groups is 2. The van der Waals surface area contributed by atoms with E-state index in [1.165, 1.54) is 0 Å². The molecule has 0 radical (unpaired) electrons. The Morgan fingerprint density at radius 2 is 1.92 bits per heavy atom. The predicted octanol–water partition coefficient (Wildman–Crippen LogP) is 0.723. The molecule has 12 heavy (non-hydrogen) atoms. The van der Waals surface area contributed by atoms with Crippen molar-refractivity contribution >= 4 is 21.8 Å². The first-order valence-electron chi connectivity index (χ1n) is 3.46. The summed E-state index contributed by atoms with van der Waals surface area (Å²) in [6.45, 7) is 0. The molecule has 1 aromatic rings. The quantitative estimate of drug-likeness (QED) is 0.662. The Balaban J connectivity index is 2.28. The molecule has 1 aromatic carbocycles. The Kier molecular flexibility index (Phi) is 1.97. The molecule has 0 fully saturated rings. The molecule has 1 aliphatic rings. The van der Waals surface area contributed by atoms with Gasteiger partial charge in [-0.15, -0.1) is 10.6 Å². The second-order valence-corrected chi connectivity index (χ2v) is 3.24. The van der Waals surface area contributed by atoms with Crippen molar-refractivity contribution in [3.05, 3.63) is 34.3 Å². The second kappa shape index (κ2) is 3.12. The maximum Gasteiger partial charge on any atom is 0.170 e. The van der Waals surface area contributed by atoms with Crippen LogP contribution < -0.4 is 16.5 Å². The first-order valence-corrected chi connectivity index (χ1v) is 4.25. The molecule has 0 saturated heterocycles. The van der Waals surface area contributed by atoms with E-state index in [2.05, 4.69) is 37.5 Å². The zero-order valence-corrected chi connectivity index (χ0v) is 7.72. The van der Waals surface area contributed by atoms with Crippen LogP contribution in [0.15, 0.2) is 33.8 Å². The molecule has 0 saturated carbocycles. The summed E-state index contributed by atoms with van der Waals surface area (Å²) < 4.78 is 1.06. The maximum atomic E-state index is 3.96. The van der Waals surface area contributed by atoms with Crippen LogP contribution in [0, 0.1) is 0 Å². The van der Waals surface area contributed by atoms with E-state index >= 15 is 0 Å². The minimum atomic E-state index is 0.794. The van der Waals surface area contributed by atoms with Crippen molar-refractivity contribution in [3.8, 4) is 0 Å². The van der Waals surface area contributed by atoms with Gasteiger partial charge in [0.25, 0.3) is 0 Å². The van der Waals surface area contributed by atoms with E-state index in [1.807, 2.05) is 24.3 Å². The van der Waals surface area contributed by atoms with Crippen LogP contribution in [-0.2, 0) is 0 Å². The standard InChI is InChI=1S/C7H7BrN4/c8-6-3-1-5(2-4-6)7-9-11-12-10-7/h1-4,11-12H,(H,9,10). The van der Waals surface area contributed by atoms with Crippen LogP contribution in [0.3, 0.4) is 0 Å². The highest BCUT2D eigenvalue weighted by Gasteiger charge is 2.05. The molecule has 0 spiro atoms. The van der Waals surface area contributed by atoms with Crippen LogP contribution in [0.5, 0.6) is 0 Å². The van der Waals surface area contributed by atoms with E-state index in [0.717, 1.165) is 15.9 Å². The lowest BCUT2D eigenvalue weighted by atomic mass is 10.2. The summed E-state index contributed by atoms with van der Waals surface area (Å²) >= 11 is 3.36. The molecule has 0 amide bonds. The van der Waals surface area contributed by atoms with Gasteiger partial charge in [-0.2, -0.15) is 0 Å². The lowest BCUT2D eigenvalue weighted by molar-refractivity contribution is 0.577. The molecule has 3 N–H and O–H groups in total. The monoisotopic (exact) mass is 226 g/mol. The molecular weight excluding hydrogens is 220 g/mol. The Hall–Kier alpha value is -1.07. The molecule has 0 atom stereocenters. The van der Waals surface area contributed by atoms with Crippen LogP contribution in [0.25, 0.3) is 0 Å². The molecule has 0 unspecified atom stereocenters. The fourth-order valence-corrected chi connectivity index (χ4v) is 1.21. The van der Waals surface area contributed by atoms with Crippen LogP contribution >= 0.6 is 15.9 Å². The van der Waals surface area contributed by atoms with E-state index in [0.29, 0.717) is 0 Å². The Labute approximate surface area is 78.1 Å². The third kappa shape index (κ3) is 1.41. The number of rotatable bonds is 1. The minimum absolute atomic E-state index is 0.794. The number of nitrogens with one attached hydrogen (secondary N) is 3. The number of hydrogen-bond acceptors (Lipinski definition) is 4.